The van der Waals surface area contributed by atoms with Gasteiger partial charge in [0.15, 0.2) is 6.10 Å². The number of phosphoric acid groups is 1. The van der Waals surface area contributed by atoms with Crippen molar-refractivity contribution in [2.45, 2.75) is 232 Å². The molecule has 1 unspecified atom stereocenters. The van der Waals surface area contributed by atoms with Gasteiger partial charge in [-0.05, 0) is 51.4 Å². The summed E-state index contributed by atoms with van der Waals surface area (Å²) in [5.41, 5.74) is 0. The maximum absolute atomic E-state index is 12.7. The number of phosphoric ester groups is 1. The lowest BCUT2D eigenvalue weighted by Gasteiger charge is -2.20. The molecular weight excluding hydrogens is 840 g/mol. The van der Waals surface area contributed by atoms with E-state index in [0.717, 1.165) is 57.8 Å². The van der Waals surface area contributed by atoms with E-state index in [1.807, 2.05) is 12.2 Å². The molecule has 0 fully saturated rings. The van der Waals surface area contributed by atoms with Crippen molar-refractivity contribution in [1.29, 1.82) is 0 Å². The number of hydrogen-bond acceptors (Lipinski definition) is 9. The Labute approximate surface area is 397 Å². The second-order valence-corrected chi connectivity index (χ2v) is 18.6. The molecule has 0 rings (SSSR count). The number of aliphatic hydroxyl groups excluding tert-OH is 2. The molecule has 0 aliphatic carbocycles. The zero-order valence-electron chi connectivity index (χ0n) is 41.2. The van der Waals surface area contributed by atoms with Crippen molar-refractivity contribution < 1.29 is 47.8 Å². The summed E-state index contributed by atoms with van der Waals surface area (Å²) in [4.78, 5) is 35.1. The first kappa shape index (κ1) is 62.4. The highest BCUT2D eigenvalue weighted by molar-refractivity contribution is 7.47. The third kappa shape index (κ3) is 49.1. The summed E-state index contributed by atoms with van der Waals surface area (Å²) in [7, 11) is -4.64. The summed E-state index contributed by atoms with van der Waals surface area (Å²) in [5, 5.41) is 18.4. The molecule has 0 aromatic heterocycles. The number of unbranched alkanes of at least 4 members (excludes halogenated alkanes) is 22. The molecule has 0 aromatic carbocycles. The Balaban J connectivity index is 4.25. The van der Waals surface area contributed by atoms with Gasteiger partial charge >= 0.3 is 19.8 Å². The van der Waals surface area contributed by atoms with Crippen LogP contribution in [0.4, 0.5) is 0 Å². The van der Waals surface area contributed by atoms with Crippen molar-refractivity contribution >= 4 is 19.8 Å². The lowest BCUT2D eigenvalue weighted by atomic mass is 10.0. The molecule has 0 aliphatic rings. The first-order valence-electron chi connectivity index (χ1n) is 25.9. The van der Waals surface area contributed by atoms with Crippen molar-refractivity contribution in [3.8, 4) is 0 Å². The van der Waals surface area contributed by atoms with Crippen LogP contribution in [-0.2, 0) is 32.7 Å². The maximum atomic E-state index is 12.7. The van der Waals surface area contributed by atoms with Crippen LogP contribution in [0.15, 0.2) is 72.9 Å². The lowest BCUT2D eigenvalue weighted by Crippen LogP contribution is -2.29. The van der Waals surface area contributed by atoms with Crippen LogP contribution >= 0.6 is 7.82 Å². The van der Waals surface area contributed by atoms with Crippen molar-refractivity contribution in [1.82, 2.24) is 0 Å². The zero-order valence-corrected chi connectivity index (χ0v) is 42.1. The van der Waals surface area contributed by atoms with E-state index in [9.17, 15) is 24.2 Å². The fraction of sp³-hybridized carbons (Fsp3) is 0.741. The Hall–Kier alpha value is -2.59. The average molecular weight is 935 g/mol. The number of hydrogen-bond donors (Lipinski definition) is 3. The van der Waals surface area contributed by atoms with Crippen molar-refractivity contribution in [3.63, 3.8) is 0 Å². The van der Waals surface area contributed by atoms with Crippen LogP contribution in [0.5, 0.6) is 0 Å². The van der Waals surface area contributed by atoms with Crippen molar-refractivity contribution in [2.75, 3.05) is 26.4 Å². The number of aliphatic hydroxyl groups is 2. The molecule has 3 N–H and O–H groups in total. The summed E-state index contributed by atoms with van der Waals surface area (Å²) >= 11 is 0. The SMILES string of the molecule is CC/C=C/C/C=C/C/C=C/C/C=C/C/C=C/C/C=C/CCC(=O)OC[C@H](COP(=O)(O)OC[C@@H](O)CO)OC(=O)CCCCCCCCCCCCCCCCCCCCCCCCC. The molecule has 0 aliphatic heterocycles. The van der Waals surface area contributed by atoms with Crippen LogP contribution in [-0.4, -0.2) is 65.7 Å². The summed E-state index contributed by atoms with van der Waals surface area (Å²) in [6.07, 6.45) is 58.9. The van der Waals surface area contributed by atoms with E-state index in [-0.39, 0.29) is 19.4 Å². The number of allylic oxidation sites excluding steroid dienone is 12. The summed E-state index contributed by atoms with van der Waals surface area (Å²) < 4.78 is 32.8. The molecular formula is C54H95O10P. The first-order valence-corrected chi connectivity index (χ1v) is 27.4. The van der Waals surface area contributed by atoms with E-state index in [2.05, 4.69) is 74.6 Å². The number of rotatable bonds is 48. The van der Waals surface area contributed by atoms with E-state index < -0.39 is 51.8 Å². The Morgan fingerprint density at radius 3 is 1.25 bits per heavy atom. The molecule has 0 saturated carbocycles. The van der Waals surface area contributed by atoms with Crippen LogP contribution in [0.25, 0.3) is 0 Å². The molecule has 0 radical (unpaired) electrons. The standard InChI is InChI=1S/C54H95O10P/c1-3-5-7-9-11-13-15-17-19-21-23-24-25-26-28-30-32-34-36-38-40-42-44-46-54(58)64-52(50-63-65(59,60)62-48-51(56)47-55)49-61-53(57)45-43-41-39-37-35-33-31-29-27-22-20-18-16-14-12-10-8-6-4-2/h6,8,12,14,18,20,27,29,33,35,39,41,51-52,55-56H,3-5,7,9-11,13,15-17,19,21-26,28,30-32,34,36-38,40,42-50H2,1-2H3,(H,59,60)/b8-6+,14-12+,20-18+,29-27+,35-33+,41-39+/t51-,52+/m0/s1. The minimum Gasteiger partial charge on any atom is -0.462 e. The second-order valence-electron chi connectivity index (χ2n) is 17.2. The fourth-order valence-electron chi connectivity index (χ4n) is 6.96. The van der Waals surface area contributed by atoms with Gasteiger partial charge in [-0.3, -0.25) is 18.6 Å². The highest BCUT2D eigenvalue weighted by atomic mass is 31.2. The second kappa shape index (κ2) is 49.3. The predicted molar refractivity (Wildman–Crippen MR) is 270 cm³/mol. The monoisotopic (exact) mass is 935 g/mol. The number of carbonyl (C=O) groups is 2. The number of carbonyl (C=O) groups excluding carboxylic acids is 2. The van der Waals surface area contributed by atoms with E-state index >= 15 is 0 Å². The third-order valence-corrected chi connectivity index (χ3v) is 11.8. The minimum atomic E-state index is -4.64. The number of esters is 2. The first-order chi connectivity index (χ1) is 31.7. The third-order valence-electron chi connectivity index (χ3n) is 10.9. The Kier molecular flexibility index (Phi) is 47.4. The molecule has 0 amide bonds. The summed E-state index contributed by atoms with van der Waals surface area (Å²) in [5.74, 6) is -1.02. The van der Waals surface area contributed by atoms with Gasteiger partial charge in [-0.1, -0.05) is 228 Å². The minimum absolute atomic E-state index is 0.115. The van der Waals surface area contributed by atoms with E-state index in [1.165, 1.54) is 122 Å². The molecule has 3 atom stereocenters. The highest BCUT2D eigenvalue weighted by Gasteiger charge is 2.27. The number of ether oxygens (including phenoxy) is 2. The van der Waals surface area contributed by atoms with Gasteiger partial charge in [0, 0.05) is 12.8 Å². The van der Waals surface area contributed by atoms with Crippen molar-refractivity contribution in [2.24, 2.45) is 0 Å². The Morgan fingerprint density at radius 1 is 0.477 bits per heavy atom. The van der Waals surface area contributed by atoms with Crippen LogP contribution in [0, 0.1) is 0 Å². The van der Waals surface area contributed by atoms with Crippen LogP contribution in [0.3, 0.4) is 0 Å². The van der Waals surface area contributed by atoms with Crippen molar-refractivity contribution in [3.05, 3.63) is 72.9 Å². The van der Waals surface area contributed by atoms with Gasteiger partial charge in [0.2, 0.25) is 0 Å². The Morgan fingerprint density at radius 2 is 0.846 bits per heavy atom. The largest absolute Gasteiger partial charge is 0.472 e. The van der Waals surface area contributed by atoms with Gasteiger partial charge in [0.05, 0.1) is 19.8 Å². The molecule has 0 bridgehead atoms. The van der Waals surface area contributed by atoms with Gasteiger partial charge in [-0.15, -0.1) is 0 Å². The van der Waals surface area contributed by atoms with E-state index in [1.54, 1.807) is 0 Å². The quantitative estimate of drug-likeness (QED) is 0.0233. The van der Waals surface area contributed by atoms with E-state index in [4.69, 9.17) is 23.6 Å². The molecule has 11 heteroatoms. The topological polar surface area (TPSA) is 149 Å². The van der Waals surface area contributed by atoms with Crippen LogP contribution in [0.2, 0.25) is 0 Å². The Bertz CT molecular complexity index is 1310. The lowest BCUT2D eigenvalue weighted by molar-refractivity contribution is -0.161. The molecule has 65 heavy (non-hydrogen) atoms. The molecule has 0 saturated heterocycles. The van der Waals surface area contributed by atoms with Gasteiger partial charge in [-0.2, -0.15) is 0 Å². The molecule has 0 aromatic rings. The maximum Gasteiger partial charge on any atom is 0.472 e. The molecule has 376 valence electrons. The van der Waals surface area contributed by atoms with Crippen LogP contribution in [0.1, 0.15) is 219 Å². The molecule has 0 heterocycles. The smallest absolute Gasteiger partial charge is 0.462 e. The normalized spacial score (nSPS) is 14.2. The highest BCUT2D eigenvalue weighted by Crippen LogP contribution is 2.43. The van der Waals surface area contributed by atoms with Gasteiger partial charge in [0.25, 0.3) is 0 Å². The van der Waals surface area contributed by atoms with Gasteiger partial charge in [-0.25, -0.2) is 4.57 Å². The fourth-order valence-corrected chi connectivity index (χ4v) is 7.75. The van der Waals surface area contributed by atoms with Crippen LogP contribution < -0.4 is 0 Å². The van der Waals surface area contributed by atoms with Gasteiger partial charge < -0.3 is 24.6 Å². The predicted octanol–water partition coefficient (Wildman–Crippen LogP) is 14.8. The summed E-state index contributed by atoms with van der Waals surface area (Å²) in [6, 6.07) is 0. The summed E-state index contributed by atoms with van der Waals surface area (Å²) in [6.45, 7) is 2.21. The molecule has 10 nitrogen and oxygen atoms in total. The molecule has 0 spiro atoms. The van der Waals surface area contributed by atoms with Gasteiger partial charge in [0.1, 0.15) is 12.7 Å². The zero-order chi connectivity index (χ0) is 47.6. The van der Waals surface area contributed by atoms with E-state index in [0.29, 0.717) is 12.8 Å². The average Bonchev–Trinajstić information content (AvgIpc) is 3.30.